The van der Waals surface area contributed by atoms with Crippen LogP contribution in [0.15, 0.2) is 0 Å². The summed E-state index contributed by atoms with van der Waals surface area (Å²) in [5, 5.41) is 0. The van der Waals surface area contributed by atoms with Gasteiger partial charge >= 0.3 is 0 Å². The Balaban J connectivity index is 2.23. The van der Waals surface area contributed by atoms with Crippen LogP contribution in [-0.2, 0) is 4.74 Å². The fourth-order valence-electron chi connectivity index (χ4n) is 2.82. The average molecular weight is 242 g/mol. The van der Waals surface area contributed by atoms with Crippen molar-refractivity contribution in [3.63, 3.8) is 0 Å². The highest BCUT2D eigenvalue weighted by Gasteiger charge is 2.18. The molecule has 1 aliphatic rings. The van der Waals surface area contributed by atoms with Crippen molar-refractivity contribution in [1.82, 2.24) is 4.90 Å². The smallest absolute Gasteiger partial charge is 0.0506 e. The zero-order valence-corrected chi connectivity index (χ0v) is 11.8. The summed E-state index contributed by atoms with van der Waals surface area (Å²) in [4.78, 5) is 2.44. The summed E-state index contributed by atoms with van der Waals surface area (Å²) in [5.74, 6) is 2.12. The Morgan fingerprint density at radius 1 is 1.41 bits per heavy atom. The van der Waals surface area contributed by atoms with Gasteiger partial charge in [0.2, 0.25) is 0 Å². The van der Waals surface area contributed by atoms with Gasteiger partial charge in [-0.2, -0.15) is 0 Å². The fraction of sp³-hybridized carbons (Fsp3) is 1.00. The van der Waals surface area contributed by atoms with E-state index in [1.165, 1.54) is 19.3 Å². The van der Waals surface area contributed by atoms with Gasteiger partial charge in [0.15, 0.2) is 0 Å². The molecule has 0 spiro atoms. The highest BCUT2D eigenvalue weighted by molar-refractivity contribution is 4.71. The molecule has 2 unspecified atom stereocenters. The molecule has 3 nitrogen and oxygen atoms in total. The van der Waals surface area contributed by atoms with E-state index in [1.807, 2.05) is 0 Å². The van der Waals surface area contributed by atoms with Crippen molar-refractivity contribution in [2.24, 2.45) is 23.5 Å². The highest BCUT2D eigenvalue weighted by Crippen LogP contribution is 2.16. The van der Waals surface area contributed by atoms with Crippen molar-refractivity contribution in [2.75, 3.05) is 39.9 Å². The first-order chi connectivity index (χ1) is 8.11. The van der Waals surface area contributed by atoms with Crippen LogP contribution in [0.3, 0.4) is 0 Å². The highest BCUT2D eigenvalue weighted by atomic mass is 16.5. The summed E-state index contributed by atoms with van der Waals surface area (Å²) < 4.78 is 5.53. The molecule has 2 N–H and O–H groups in total. The molecule has 1 aliphatic heterocycles. The van der Waals surface area contributed by atoms with Crippen molar-refractivity contribution in [3.05, 3.63) is 0 Å². The first-order valence-electron chi connectivity index (χ1n) is 7.08. The van der Waals surface area contributed by atoms with Crippen LogP contribution < -0.4 is 5.73 Å². The Bertz CT molecular complexity index is 191. The third-order valence-electron chi connectivity index (χ3n) is 3.53. The van der Waals surface area contributed by atoms with E-state index in [4.69, 9.17) is 10.5 Å². The van der Waals surface area contributed by atoms with Gasteiger partial charge in [0, 0.05) is 19.7 Å². The van der Waals surface area contributed by atoms with Gasteiger partial charge in [-0.05, 0) is 50.6 Å². The summed E-state index contributed by atoms with van der Waals surface area (Å²) in [7, 11) is 2.22. The number of hydrogen-bond acceptors (Lipinski definition) is 3. The minimum Gasteiger partial charge on any atom is -0.381 e. The lowest BCUT2D eigenvalue weighted by molar-refractivity contribution is 0.0399. The number of nitrogens with two attached hydrogens (primary N) is 1. The largest absolute Gasteiger partial charge is 0.381 e. The van der Waals surface area contributed by atoms with Crippen molar-refractivity contribution < 1.29 is 4.74 Å². The Labute approximate surface area is 107 Å². The van der Waals surface area contributed by atoms with Crippen molar-refractivity contribution in [1.29, 1.82) is 0 Å². The van der Waals surface area contributed by atoms with Gasteiger partial charge in [0.05, 0.1) is 6.61 Å². The van der Waals surface area contributed by atoms with Crippen molar-refractivity contribution in [2.45, 2.75) is 33.1 Å². The predicted molar refractivity (Wildman–Crippen MR) is 73.0 cm³/mol. The maximum absolute atomic E-state index is 5.85. The molecule has 0 aromatic carbocycles. The molecule has 17 heavy (non-hydrogen) atoms. The second-order valence-corrected chi connectivity index (χ2v) is 6.04. The Kier molecular flexibility index (Phi) is 7.09. The van der Waals surface area contributed by atoms with E-state index in [2.05, 4.69) is 25.8 Å². The third-order valence-corrected chi connectivity index (χ3v) is 3.53. The quantitative estimate of drug-likeness (QED) is 0.742. The molecule has 0 aromatic rings. The van der Waals surface area contributed by atoms with E-state index in [9.17, 15) is 0 Å². The molecule has 0 radical (unpaired) electrons. The average Bonchev–Trinajstić information content (AvgIpc) is 2.28. The second-order valence-electron chi connectivity index (χ2n) is 6.04. The van der Waals surface area contributed by atoms with Gasteiger partial charge in [-0.3, -0.25) is 0 Å². The molecule has 0 amide bonds. The minimum atomic E-state index is 0.643. The molecule has 0 bridgehead atoms. The summed E-state index contributed by atoms with van der Waals surface area (Å²) in [6, 6.07) is 0. The van der Waals surface area contributed by atoms with Crippen LogP contribution in [0.25, 0.3) is 0 Å². The third kappa shape index (κ3) is 6.39. The molecule has 1 heterocycles. The van der Waals surface area contributed by atoms with Gasteiger partial charge in [-0.15, -0.1) is 0 Å². The van der Waals surface area contributed by atoms with Gasteiger partial charge < -0.3 is 15.4 Å². The SMILES string of the molecule is CC(C)CC(CN)CN(C)CC1CCCOC1. The maximum Gasteiger partial charge on any atom is 0.0506 e. The van der Waals surface area contributed by atoms with Crippen LogP contribution in [0, 0.1) is 17.8 Å². The normalized spacial score (nSPS) is 23.3. The van der Waals surface area contributed by atoms with E-state index in [0.717, 1.165) is 44.7 Å². The van der Waals surface area contributed by atoms with E-state index >= 15 is 0 Å². The number of hydrogen-bond donors (Lipinski definition) is 1. The van der Waals surface area contributed by atoms with Gasteiger partial charge in [-0.1, -0.05) is 13.8 Å². The van der Waals surface area contributed by atoms with E-state index in [0.29, 0.717) is 5.92 Å². The van der Waals surface area contributed by atoms with Crippen LogP contribution in [0.2, 0.25) is 0 Å². The molecule has 0 saturated carbocycles. The van der Waals surface area contributed by atoms with Gasteiger partial charge in [-0.25, -0.2) is 0 Å². The van der Waals surface area contributed by atoms with E-state index < -0.39 is 0 Å². The number of rotatable bonds is 7. The summed E-state index contributed by atoms with van der Waals surface area (Å²) in [5.41, 5.74) is 5.85. The van der Waals surface area contributed by atoms with E-state index in [-0.39, 0.29) is 0 Å². The zero-order valence-electron chi connectivity index (χ0n) is 11.8. The van der Waals surface area contributed by atoms with Gasteiger partial charge in [0.25, 0.3) is 0 Å². The zero-order chi connectivity index (χ0) is 12.7. The van der Waals surface area contributed by atoms with Crippen LogP contribution in [0.4, 0.5) is 0 Å². The summed E-state index contributed by atoms with van der Waals surface area (Å²) in [6.07, 6.45) is 3.79. The first-order valence-corrected chi connectivity index (χ1v) is 7.08. The molecule has 3 heteroatoms. The number of nitrogens with zero attached hydrogens (tertiary/aromatic N) is 1. The van der Waals surface area contributed by atoms with Crippen molar-refractivity contribution in [3.8, 4) is 0 Å². The van der Waals surface area contributed by atoms with Crippen molar-refractivity contribution >= 4 is 0 Å². The standard InChI is InChI=1S/C14H30N2O/c1-12(2)7-14(8-15)10-16(3)9-13-5-4-6-17-11-13/h12-14H,4-11,15H2,1-3H3. The predicted octanol–water partition coefficient (Wildman–Crippen LogP) is 1.97. The molecule has 0 aliphatic carbocycles. The molecular weight excluding hydrogens is 212 g/mol. The molecule has 2 atom stereocenters. The van der Waals surface area contributed by atoms with Crippen LogP contribution in [0.5, 0.6) is 0 Å². The lowest BCUT2D eigenvalue weighted by atomic mass is 9.96. The Morgan fingerprint density at radius 3 is 2.71 bits per heavy atom. The molecule has 1 fully saturated rings. The summed E-state index contributed by atoms with van der Waals surface area (Å²) >= 11 is 0. The lowest BCUT2D eigenvalue weighted by Crippen LogP contribution is -2.36. The Morgan fingerprint density at radius 2 is 2.18 bits per heavy atom. The van der Waals surface area contributed by atoms with Crippen LogP contribution in [0.1, 0.15) is 33.1 Å². The molecule has 102 valence electrons. The molecule has 1 rings (SSSR count). The second kappa shape index (κ2) is 8.06. The van der Waals surface area contributed by atoms with E-state index in [1.54, 1.807) is 0 Å². The number of ether oxygens (including phenoxy) is 1. The topological polar surface area (TPSA) is 38.5 Å². The molecule has 1 saturated heterocycles. The first kappa shape index (κ1) is 14.9. The monoisotopic (exact) mass is 242 g/mol. The minimum absolute atomic E-state index is 0.643. The van der Waals surface area contributed by atoms with Gasteiger partial charge in [0.1, 0.15) is 0 Å². The Hall–Kier alpha value is -0.120. The van der Waals surface area contributed by atoms with Crippen LogP contribution in [-0.4, -0.2) is 44.8 Å². The fourth-order valence-corrected chi connectivity index (χ4v) is 2.82. The lowest BCUT2D eigenvalue weighted by Gasteiger charge is -2.29. The van der Waals surface area contributed by atoms with Crippen LogP contribution >= 0.6 is 0 Å². The maximum atomic E-state index is 5.85. The molecule has 0 aromatic heterocycles. The molecular formula is C14H30N2O. The summed E-state index contributed by atoms with van der Waals surface area (Å²) in [6.45, 7) is 9.56.